The molecule has 0 fully saturated rings. The first kappa shape index (κ1) is 12.8. The first-order valence-corrected chi connectivity index (χ1v) is 6.88. The van der Waals surface area contributed by atoms with E-state index in [9.17, 15) is 4.79 Å². The molecule has 0 spiro atoms. The van der Waals surface area contributed by atoms with Gasteiger partial charge in [-0.2, -0.15) is 0 Å². The normalized spacial score (nSPS) is 10.7. The van der Waals surface area contributed by atoms with Crippen LogP contribution < -0.4 is 5.73 Å². The fourth-order valence-corrected chi connectivity index (χ4v) is 2.71. The number of nitrogens with two attached hydrogens (primary N) is 1. The lowest BCUT2D eigenvalue weighted by atomic mass is 9.99. The van der Waals surface area contributed by atoms with Gasteiger partial charge in [0.05, 0.1) is 0 Å². The Labute approximate surface area is 124 Å². The molecule has 0 unspecified atom stereocenters. The van der Waals surface area contributed by atoms with Crippen molar-refractivity contribution in [2.45, 2.75) is 0 Å². The smallest absolute Gasteiger partial charge is 0.195 e. The van der Waals surface area contributed by atoms with Gasteiger partial charge >= 0.3 is 0 Å². The molecule has 3 aromatic rings. The molecule has 2 N–H and O–H groups in total. The summed E-state index contributed by atoms with van der Waals surface area (Å²) in [4.78, 5) is 16.8. The number of fused-ring (bicyclic) bond motifs is 1. The van der Waals surface area contributed by atoms with E-state index in [4.69, 9.17) is 5.73 Å². The van der Waals surface area contributed by atoms with E-state index in [1.54, 1.807) is 30.6 Å². The largest absolute Gasteiger partial charge is 0.399 e. The number of benzene rings is 2. The lowest BCUT2D eigenvalue weighted by molar-refractivity contribution is 0.104. The fourth-order valence-electron chi connectivity index (χ4n) is 2.20. The Morgan fingerprint density at radius 1 is 1.10 bits per heavy atom. The summed E-state index contributed by atoms with van der Waals surface area (Å²) in [6.07, 6.45) is 3.35. The summed E-state index contributed by atoms with van der Waals surface area (Å²) in [5, 5.41) is 1.84. The third-order valence-electron chi connectivity index (χ3n) is 3.10. The monoisotopic (exact) mass is 326 g/mol. The van der Waals surface area contributed by atoms with Crippen molar-refractivity contribution in [3.63, 3.8) is 0 Å². The first-order valence-electron chi connectivity index (χ1n) is 6.08. The van der Waals surface area contributed by atoms with Gasteiger partial charge < -0.3 is 5.73 Å². The number of carbonyl (C=O) groups is 1. The van der Waals surface area contributed by atoms with Crippen LogP contribution in [-0.2, 0) is 0 Å². The SMILES string of the molecule is Nc1cc(Br)cc(C(=O)c2cncc3ccccc23)c1. The van der Waals surface area contributed by atoms with E-state index in [-0.39, 0.29) is 5.78 Å². The van der Waals surface area contributed by atoms with E-state index in [2.05, 4.69) is 20.9 Å². The van der Waals surface area contributed by atoms with Gasteiger partial charge in [0.1, 0.15) is 0 Å². The van der Waals surface area contributed by atoms with Crippen molar-refractivity contribution < 1.29 is 4.79 Å². The minimum absolute atomic E-state index is 0.0812. The van der Waals surface area contributed by atoms with Crippen molar-refractivity contribution in [2.24, 2.45) is 0 Å². The number of nitrogens with zero attached hydrogens (tertiary/aromatic N) is 1. The van der Waals surface area contributed by atoms with Gasteiger partial charge in [0, 0.05) is 39.1 Å². The van der Waals surface area contributed by atoms with Gasteiger partial charge in [-0.1, -0.05) is 40.2 Å². The molecule has 0 aliphatic carbocycles. The van der Waals surface area contributed by atoms with E-state index in [1.165, 1.54) is 0 Å². The van der Waals surface area contributed by atoms with Crippen LogP contribution in [0.15, 0.2) is 59.3 Å². The standard InChI is InChI=1S/C16H11BrN2O/c17-12-5-11(6-13(18)7-12)16(20)15-9-19-8-10-3-1-2-4-14(10)15/h1-9H,18H2. The molecule has 98 valence electrons. The molecule has 1 aromatic heterocycles. The van der Waals surface area contributed by atoms with Gasteiger partial charge in [-0.05, 0) is 23.6 Å². The number of hydrogen-bond donors (Lipinski definition) is 1. The maximum absolute atomic E-state index is 12.6. The highest BCUT2D eigenvalue weighted by Crippen LogP contribution is 2.23. The molecule has 1 heterocycles. The minimum Gasteiger partial charge on any atom is -0.399 e. The maximum Gasteiger partial charge on any atom is 0.195 e. The molecule has 2 aromatic carbocycles. The average molecular weight is 327 g/mol. The Morgan fingerprint density at radius 3 is 2.70 bits per heavy atom. The molecule has 0 saturated heterocycles. The summed E-state index contributed by atoms with van der Waals surface area (Å²) < 4.78 is 0.786. The summed E-state index contributed by atoms with van der Waals surface area (Å²) in [6, 6.07) is 12.9. The zero-order valence-corrected chi connectivity index (χ0v) is 12.1. The van der Waals surface area contributed by atoms with Crippen molar-refractivity contribution >= 4 is 38.2 Å². The molecule has 0 bridgehead atoms. The number of ketones is 1. The highest BCUT2D eigenvalue weighted by Gasteiger charge is 2.13. The highest BCUT2D eigenvalue weighted by atomic mass is 79.9. The second-order valence-electron chi connectivity index (χ2n) is 4.51. The zero-order valence-electron chi connectivity index (χ0n) is 10.5. The highest BCUT2D eigenvalue weighted by molar-refractivity contribution is 9.10. The van der Waals surface area contributed by atoms with E-state index in [0.29, 0.717) is 16.8 Å². The Hall–Kier alpha value is -2.20. The number of nitrogen functional groups attached to an aromatic ring is 1. The molecule has 20 heavy (non-hydrogen) atoms. The van der Waals surface area contributed by atoms with Crippen LogP contribution in [0.25, 0.3) is 10.8 Å². The minimum atomic E-state index is -0.0812. The van der Waals surface area contributed by atoms with Crippen LogP contribution in [0, 0.1) is 0 Å². The third kappa shape index (κ3) is 2.30. The van der Waals surface area contributed by atoms with Crippen LogP contribution in [0.4, 0.5) is 5.69 Å². The molecule has 3 rings (SSSR count). The van der Waals surface area contributed by atoms with Gasteiger partial charge in [0.25, 0.3) is 0 Å². The molecule has 4 heteroatoms. The molecule has 0 radical (unpaired) electrons. The summed E-state index contributed by atoms with van der Waals surface area (Å²) in [5.74, 6) is -0.0812. The molecular formula is C16H11BrN2O. The number of carbonyl (C=O) groups excluding carboxylic acids is 1. The van der Waals surface area contributed by atoms with Gasteiger partial charge in [0.2, 0.25) is 0 Å². The number of anilines is 1. The Morgan fingerprint density at radius 2 is 1.90 bits per heavy atom. The predicted octanol–water partition coefficient (Wildman–Crippen LogP) is 3.81. The van der Waals surface area contributed by atoms with Gasteiger partial charge in [-0.3, -0.25) is 9.78 Å². The summed E-state index contributed by atoms with van der Waals surface area (Å²) in [7, 11) is 0. The van der Waals surface area contributed by atoms with E-state index < -0.39 is 0 Å². The van der Waals surface area contributed by atoms with Crippen molar-refractivity contribution in [2.75, 3.05) is 5.73 Å². The van der Waals surface area contributed by atoms with Crippen molar-refractivity contribution in [3.8, 4) is 0 Å². The number of hydrogen-bond acceptors (Lipinski definition) is 3. The van der Waals surface area contributed by atoms with E-state index >= 15 is 0 Å². The molecule has 0 aliphatic heterocycles. The van der Waals surface area contributed by atoms with Crippen LogP contribution in [0.5, 0.6) is 0 Å². The molecule has 0 saturated carbocycles. The Bertz CT molecular complexity index is 789. The maximum atomic E-state index is 12.6. The number of pyridine rings is 1. The second-order valence-corrected chi connectivity index (χ2v) is 5.43. The lowest BCUT2D eigenvalue weighted by Gasteiger charge is -2.06. The van der Waals surface area contributed by atoms with Gasteiger partial charge in [-0.25, -0.2) is 0 Å². The van der Waals surface area contributed by atoms with Crippen LogP contribution in [0.3, 0.4) is 0 Å². The van der Waals surface area contributed by atoms with Crippen LogP contribution >= 0.6 is 15.9 Å². The molecule has 0 aliphatic rings. The predicted molar refractivity (Wildman–Crippen MR) is 83.7 cm³/mol. The van der Waals surface area contributed by atoms with Crippen molar-refractivity contribution in [1.82, 2.24) is 4.98 Å². The summed E-state index contributed by atoms with van der Waals surface area (Å²) in [5.41, 5.74) is 7.48. The van der Waals surface area contributed by atoms with Gasteiger partial charge in [-0.15, -0.1) is 0 Å². The number of aromatic nitrogens is 1. The van der Waals surface area contributed by atoms with Crippen LogP contribution in [0.2, 0.25) is 0 Å². The Kier molecular flexibility index (Phi) is 3.24. The first-order chi connectivity index (χ1) is 9.65. The average Bonchev–Trinajstić information content (AvgIpc) is 2.45. The number of rotatable bonds is 2. The molecule has 3 nitrogen and oxygen atoms in total. The molecule has 0 amide bonds. The lowest BCUT2D eigenvalue weighted by Crippen LogP contribution is -2.04. The Balaban J connectivity index is 2.17. The fraction of sp³-hybridized carbons (Fsp3) is 0. The molecular weight excluding hydrogens is 316 g/mol. The topological polar surface area (TPSA) is 56.0 Å². The van der Waals surface area contributed by atoms with Gasteiger partial charge in [0.15, 0.2) is 5.78 Å². The zero-order chi connectivity index (χ0) is 14.1. The third-order valence-corrected chi connectivity index (χ3v) is 3.55. The van der Waals surface area contributed by atoms with E-state index in [0.717, 1.165) is 15.2 Å². The quantitative estimate of drug-likeness (QED) is 0.575. The molecule has 0 atom stereocenters. The van der Waals surface area contributed by atoms with Crippen molar-refractivity contribution in [1.29, 1.82) is 0 Å². The van der Waals surface area contributed by atoms with Crippen molar-refractivity contribution in [3.05, 3.63) is 70.5 Å². The second kappa shape index (κ2) is 5.06. The summed E-state index contributed by atoms with van der Waals surface area (Å²) in [6.45, 7) is 0. The summed E-state index contributed by atoms with van der Waals surface area (Å²) >= 11 is 3.36. The number of halogens is 1. The van der Waals surface area contributed by atoms with Crippen LogP contribution in [0.1, 0.15) is 15.9 Å². The van der Waals surface area contributed by atoms with Crippen LogP contribution in [-0.4, -0.2) is 10.8 Å². The van der Waals surface area contributed by atoms with E-state index in [1.807, 2.05) is 24.3 Å².